The lowest BCUT2D eigenvalue weighted by atomic mass is 10.0. The lowest BCUT2D eigenvalue weighted by Crippen LogP contribution is -2.47. The molecule has 1 aromatic carbocycles. The fourth-order valence-corrected chi connectivity index (χ4v) is 2.59. The predicted molar refractivity (Wildman–Crippen MR) is 96.1 cm³/mol. The van der Waals surface area contributed by atoms with Crippen LogP contribution in [0.2, 0.25) is 5.02 Å². The largest absolute Gasteiger partial charge is 0.758 e. The van der Waals surface area contributed by atoms with E-state index in [1.807, 2.05) is 31.5 Å². The van der Waals surface area contributed by atoms with Crippen molar-refractivity contribution < 1.29 is 9.36 Å². The Morgan fingerprint density at radius 1 is 1.39 bits per heavy atom. The smallest absolute Gasteiger partial charge is 0.237 e. The second-order valence-corrected chi connectivity index (χ2v) is 5.92. The first-order valence-corrected chi connectivity index (χ1v) is 7.91. The van der Waals surface area contributed by atoms with E-state index in [1.54, 1.807) is 34.9 Å². The maximum absolute atomic E-state index is 12.9. The molecule has 0 N–H and O–H groups in total. The topological polar surface area (TPSA) is 33.3 Å². The van der Waals surface area contributed by atoms with E-state index >= 15 is 0 Å². The van der Waals surface area contributed by atoms with Gasteiger partial charge >= 0.3 is 0 Å². The summed E-state index contributed by atoms with van der Waals surface area (Å²) in [5, 5.41) is 0.917. The van der Waals surface area contributed by atoms with Gasteiger partial charge in [0.1, 0.15) is 0 Å². The normalized spacial score (nSPS) is 12.7. The van der Waals surface area contributed by atoms with Gasteiger partial charge in [-0.2, -0.15) is 4.57 Å². The summed E-state index contributed by atoms with van der Waals surface area (Å²) in [4.78, 5) is 17.2. The van der Waals surface area contributed by atoms with Gasteiger partial charge in [-0.15, -0.1) is 6.58 Å². The number of aromatic nitrogens is 1. The second kappa shape index (κ2) is 7.99. The number of carbonyl (C=O) groups excluding carboxylic acids is 1. The number of aliphatic imine (C=N–C) groups is 1. The zero-order chi connectivity index (χ0) is 16.8. The van der Waals surface area contributed by atoms with Gasteiger partial charge in [-0.3, -0.25) is 4.79 Å². The highest BCUT2D eigenvalue weighted by Gasteiger charge is 2.28. The maximum atomic E-state index is 12.9. The van der Waals surface area contributed by atoms with Crippen molar-refractivity contribution in [3.63, 3.8) is 0 Å². The highest BCUT2D eigenvalue weighted by molar-refractivity contribution is 7.77. The molecule has 0 aliphatic heterocycles. The summed E-state index contributed by atoms with van der Waals surface area (Å²) in [5.74, 6) is -0.116. The number of carbonyl (C=O) groups is 1. The van der Waals surface area contributed by atoms with Crippen LogP contribution in [-0.2, 0) is 12.6 Å². The third-order valence-corrected chi connectivity index (χ3v) is 3.86. The van der Waals surface area contributed by atoms with Crippen molar-refractivity contribution in [2.45, 2.75) is 13.0 Å². The molecule has 0 amide bonds. The number of pyridine rings is 1. The average Bonchev–Trinajstić information content (AvgIpc) is 2.53. The summed E-state index contributed by atoms with van der Waals surface area (Å²) in [7, 11) is 0. The van der Waals surface area contributed by atoms with E-state index in [0.717, 1.165) is 5.56 Å². The lowest BCUT2D eigenvalue weighted by molar-refractivity contribution is -0.692. The number of benzene rings is 1. The SMILES string of the molecule is C=CCN=C([S-])[C@H](C(=O)c1ccc(Cl)cc1)[n+]1cccc(C)c1. The van der Waals surface area contributed by atoms with Crippen LogP contribution in [0.5, 0.6) is 0 Å². The Balaban J connectivity index is 2.46. The molecule has 0 aliphatic rings. The van der Waals surface area contributed by atoms with Crippen LogP contribution in [0.3, 0.4) is 0 Å². The van der Waals surface area contributed by atoms with Crippen LogP contribution in [0.25, 0.3) is 0 Å². The number of hydrogen-bond acceptors (Lipinski definition) is 3. The minimum Gasteiger partial charge on any atom is -0.758 e. The Bertz CT molecular complexity index is 741. The third-order valence-electron chi connectivity index (χ3n) is 3.26. The molecule has 0 unspecified atom stereocenters. The molecule has 5 heteroatoms. The van der Waals surface area contributed by atoms with Crippen LogP contribution in [0.15, 0.2) is 66.4 Å². The number of hydrogen-bond donors (Lipinski definition) is 0. The number of ketones is 1. The molecule has 0 bridgehead atoms. The van der Waals surface area contributed by atoms with E-state index < -0.39 is 6.04 Å². The van der Waals surface area contributed by atoms with Crippen molar-refractivity contribution in [2.75, 3.05) is 6.54 Å². The van der Waals surface area contributed by atoms with Gasteiger partial charge in [-0.05, 0) is 42.3 Å². The summed E-state index contributed by atoms with van der Waals surface area (Å²) < 4.78 is 1.79. The van der Waals surface area contributed by atoms with Crippen molar-refractivity contribution in [3.05, 3.63) is 77.6 Å². The van der Waals surface area contributed by atoms with Gasteiger partial charge < -0.3 is 17.6 Å². The van der Waals surface area contributed by atoms with Crippen LogP contribution in [-0.4, -0.2) is 17.4 Å². The highest BCUT2D eigenvalue weighted by atomic mass is 35.5. The Morgan fingerprint density at radius 3 is 2.70 bits per heavy atom. The Kier molecular flexibility index (Phi) is 6.02. The van der Waals surface area contributed by atoms with Crippen molar-refractivity contribution in [1.29, 1.82) is 0 Å². The van der Waals surface area contributed by atoms with Gasteiger partial charge in [0.15, 0.2) is 12.4 Å². The van der Waals surface area contributed by atoms with Crippen molar-refractivity contribution >= 4 is 35.1 Å². The van der Waals surface area contributed by atoms with Gasteiger partial charge in [0.25, 0.3) is 0 Å². The molecule has 0 spiro atoms. The molecule has 0 saturated carbocycles. The number of aryl methyl sites for hydroxylation is 1. The number of nitrogens with zero attached hydrogens (tertiary/aromatic N) is 2. The number of halogens is 1. The molecule has 0 radical (unpaired) electrons. The quantitative estimate of drug-likeness (QED) is 0.201. The summed E-state index contributed by atoms with van der Waals surface area (Å²) in [6, 6.07) is 9.96. The number of Topliss-reactive ketones (excluding diaryl/α,β-unsaturated/α-hetero) is 1. The fraction of sp³-hybridized carbons (Fsp3) is 0.167. The summed E-state index contributed by atoms with van der Waals surface area (Å²) in [5.41, 5.74) is 1.58. The first-order valence-electron chi connectivity index (χ1n) is 7.12. The zero-order valence-electron chi connectivity index (χ0n) is 12.8. The maximum Gasteiger partial charge on any atom is 0.237 e. The van der Waals surface area contributed by atoms with Gasteiger partial charge in [0.2, 0.25) is 11.8 Å². The molecule has 118 valence electrons. The van der Waals surface area contributed by atoms with E-state index in [0.29, 0.717) is 22.2 Å². The Hall–Kier alpha value is -2.04. The Morgan fingerprint density at radius 2 is 2.09 bits per heavy atom. The molecule has 2 rings (SSSR count). The molecule has 0 aliphatic carbocycles. The number of rotatable bonds is 6. The fourth-order valence-electron chi connectivity index (χ4n) is 2.16. The molecule has 1 atom stereocenters. The molecule has 23 heavy (non-hydrogen) atoms. The van der Waals surface area contributed by atoms with Crippen LogP contribution < -0.4 is 4.57 Å². The monoisotopic (exact) mass is 344 g/mol. The van der Waals surface area contributed by atoms with E-state index in [1.165, 1.54) is 0 Å². The molecule has 0 fully saturated rings. The highest BCUT2D eigenvalue weighted by Crippen LogP contribution is 2.15. The molecule has 0 saturated heterocycles. The third kappa shape index (κ3) is 4.47. The van der Waals surface area contributed by atoms with Crippen molar-refractivity contribution in [2.24, 2.45) is 4.99 Å². The van der Waals surface area contributed by atoms with Gasteiger partial charge in [0, 0.05) is 22.2 Å². The van der Waals surface area contributed by atoms with E-state index in [9.17, 15) is 4.79 Å². The van der Waals surface area contributed by atoms with Gasteiger partial charge in [-0.1, -0.05) is 17.7 Å². The summed E-state index contributed by atoms with van der Waals surface area (Å²) in [6.07, 6.45) is 5.35. The lowest BCUT2D eigenvalue weighted by Gasteiger charge is -2.18. The van der Waals surface area contributed by atoms with Crippen LogP contribution in [0, 0.1) is 6.92 Å². The van der Waals surface area contributed by atoms with Crippen LogP contribution >= 0.6 is 11.6 Å². The molecule has 2 aromatic rings. The molecule has 1 aromatic heterocycles. The standard InChI is InChI=1S/C18H17ClN2OS/c1-3-10-20-18(23)16(21-11-4-5-13(2)12-21)17(22)14-6-8-15(19)9-7-14/h3-9,11-12,16H,1,10H2,2H3/t16-/m0/s1. The molecule has 3 nitrogen and oxygen atoms in total. The molecular formula is C18H17ClN2OS. The van der Waals surface area contributed by atoms with E-state index in [2.05, 4.69) is 11.6 Å². The van der Waals surface area contributed by atoms with Crippen LogP contribution in [0.4, 0.5) is 0 Å². The van der Waals surface area contributed by atoms with Crippen molar-refractivity contribution in [1.82, 2.24) is 0 Å². The minimum atomic E-state index is -0.661. The summed E-state index contributed by atoms with van der Waals surface area (Å²) >= 11 is 11.3. The van der Waals surface area contributed by atoms with Gasteiger partial charge in [-0.25, -0.2) is 0 Å². The van der Waals surface area contributed by atoms with E-state index in [-0.39, 0.29) is 5.78 Å². The van der Waals surface area contributed by atoms with Gasteiger partial charge in [0.05, 0.1) is 6.54 Å². The average molecular weight is 345 g/mol. The second-order valence-electron chi connectivity index (χ2n) is 5.07. The zero-order valence-corrected chi connectivity index (χ0v) is 14.3. The summed E-state index contributed by atoms with van der Waals surface area (Å²) in [6.45, 7) is 5.98. The molecule has 1 heterocycles. The van der Waals surface area contributed by atoms with Crippen LogP contribution in [0.1, 0.15) is 22.0 Å². The Labute approximate surface area is 146 Å². The minimum absolute atomic E-state index is 0.116. The van der Waals surface area contributed by atoms with Crippen molar-refractivity contribution in [3.8, 4) is 0 Å². The first-order chi connectivity index (χ1) is 11.0. The molecular weight excluding hydrogens is 328 g/mol. The predicted octanol–water partition coefficient (Wildman–Crippen LogP) is 3.49. The van der Waals surface area contributed by atoms with E-state index in [4.69, 9.17) is 24.2 Å². The first kappa shape index (κ1) is 17.3.